The molecule has 0 bridgehead atoms. The maximum atomic E-state index is 11.5. The molecule has 23 heavy (non-hydrogen) atoms. The van der Waals surface area contributed by atoms with Crippen LogP contribution in [0.15, 0.2) is 12.2 Å². The Morgan fingerprint density at radius 3 is 2.00 bits per heavy atom. The zero-order valence-electron chi connectivity index (χ0n) is 14.0. The van der Waals surface area contributed by atoms with Gasteiger partial charge >= 0.3 is 23.9 Å². The van der Waals surface area contributed by atoms with Crippen molar-refractivity contribution < 1.29 is 33.4 Å². The molecule has 7 heteroatoms. The van der Waals surface area contributed by atoms with Gasteiger partial charge in [0.1, 0.15) is 0 Å². The molecule has 0 aromatic rings. The molecule has 0 heterocycles. The molecule has 0 rings (SSSR count). The van der Waals surface area contributed by atoms with Gasteiger partial charge in [-0.3, -0.25) is 9.59 Å². The Hall–Kier alpha value is -2.18. The third-order valence-electron chi connectivity index (χ3n) is 2.48. The average Bonchev–Trinajstić information content (AvgIpc) is 2.44. The molecule has 0 aliphatic heterocycles. The van der Waals surface area contributed by atoms with Crippen LogP contribution < -0.4 is 0 Å². The lowest BCUT2D eigenvalue weighted by Gasteiger charge is -2.15. The van der Waals surface area contributed by atoms with Crippen LogP contribution in [-0.4, -0.2) is 37.1 Å². The molecular formula is C16H24O7. The molecule has 0 aromatic carbocycles. The van der Waals surface area contributed by atoms with Gasteiger partial charge in [-0.2, -0.15) is 0 Å². The van der Waals surface area contributed by atoms with Crippen molar-refractivity contribution in [2.75, 3.05) is 13.2 Å². The van der Waals surface area contributed by atoms with Gasteiger partial charge in [0.25, 0.3) is 0 Å². The van der Waals surface area contributed by atoms with Gasteiger partial charge in [0, 0.05) is 18.6 Å². The summed E-state index contributed by atoms with van der Waals surface area (Å²) in [5.41, 5.74) is -0.726. The molecular weight excluding hydrogens is 304 g/mol. The monoisotopic (exact) mass is 328 g/mol. The Labute approximate surface area is 136 Å². The zero-order valence-corrected chi connectivity index (χ0v) is 14.0. The molecule has 0 radical (unpaired) electrons. The van der Waals surface area contributed by atoms with Crippen LogP contribution in [0.2, 0.25) is 0 Å². The van der Waals surface area contributed by atoms with Gasteiger partial charge < -0.3 is 14.2 Å². The van der Waals surface area contributed by atoms with Crippen LogP contribution in [0.1, 0.15) is 47.0 Å². The summed E-state index contributed by atoms with van der Waals surface area (Å²) < 4.78 is 14.1. The molecule has 0 aliphatic carbocycles. The number of rotatable bonds is 8. The highest BCUT2D eigenvalue weighted by molar-refractivity contribution is 5.91. The van der Waals surface area contributed by atoms with Crippen LogP contribution in [0.25, 0.3) is 0 Å². The predicted molar refractivity (Wildman–Crippen MR) is 81.1 cm³/mol. The van der Waals surface area contributed by atoms with E-state index in [2.05, 4.69) is 9.47 Å². The van der Waals surface area contributed by atoms with Crippen molar-refractivity contribution in [3.63, 3.8) is 0 Å². The molecule has 0 amide bonds. The highest BCUT2D eigenvalue weighted by Crippen LogP contribution is 2.15. The number of esters is 4. The van der Waals surface area contributed by atoms with Crippen LogP contribution in [0.4, 0.5) is 0 Å². The SMILES string of the molecule is CCOC(=O)/C=C/C(=O)OCCCCC(=O)OC(=O)C(C)(C)C. The van der Waals surface area contributed by atoms with E-state index in [9.17, 15) is 19.2 Å². The van der Waals surface area contributed by atoms with Gasteiger partial charge in [0.15, 0.2) is 0 Å². The smallest absolute Gasteiger partial charge is 0.331 e. The fraction of sp³-hybridized carbons (Fsp3) is 0.625. The van der Waals surface area contributed by atoms with Crippen molar-refractivity contribution >= 4 is 23.9 Å². The summed E-state index contributed by atoms with van der Waals surface area (Å²) in [6, 6.07) is 0. The molecule has 0 fully saturated rings. The van der Waals surface area contributed by atoms with Gasteiger partial charge in [-0.05, 0) is 40.5 Å². The van der Waals surface area contributed by atoms with Crippen molar-refractivity contribution in [2.45, 2.75) is 47.0 Å². The third-order valence-corrected chi connectivity index (χ3v) is 2.48. The van der Waals surface area contributed by atoms with Crippen molar-refractivity contribution in [3.8, 4) is 0 Å². The molecule has 0 aliphatic rings. The molecule has 0 saturated carbocycles. The zero-order chi connectivity index (χ0) is 17.9. The second-order valence-electron chi connectivity index (χ2n) is 5.72. The number of unbranched alkanes of at least 4 members (excludes halogenated alkanes) is 1. The summed E-state index contributed by atoms with van der Waals surface area (Å²) in [6.45, 7) is 6.96. The molecule has 130 valence electrons. The van der Waals surface area contributed by atoms with E-state index >= 15 is 0 Å². The lowest BCUT2D eigenvalue weighted by molar-refractivity contribution is -0.165. The predicted octanol–water partition coefficient (Wildman–Crippen LogP) is 1.94. The Bertz CT molecular complexity index is 458. The van der Waals surface area contributed by atoms with E-state index in [1.165, 1.54) is 0 Å². The van der Waals surface area contributed by atoms with Crippen LogP contribution in [0.3, 0.4) is 0 Å². The molecule has 0 unspecified atom stereocenters. The molecule has 0 saturated heterocycles. The van der Waals surface area contributed by atoms with Crippen molar-refractivity contribution in [1.29, 1.82) is 0 Å². The fourth-order valence-corrected chi connectivity index (χ4v) is 1.23. The minimum Gasteiger partial charge on any atom is -0.463 e. The van der Waals surface area contributed by atoms with Crippen LogP contribution in [0.5, 0.6) is 0 Å². The standard InChI is InChI=1S/C16H24O7/c1-5-21-12(17)9-10-13(18)22-11-7-6-8-14(19)23-15(20)16(2,3)4/h9-10H,5-8,11H2,1-4H3/b10-9+. The fourth-order valence-electron chi connectivity index (χ4n) is 1.23. The second kappa shape index (κ2) is 10.5. The largest absolute Gasteiger partial charge is 0.463 e. The molecule has 0 aromatic heterocycles. The number of ether oxygens (including phenoxy) is 3. The summed E-state index contributed by atoms with van der Waals surface area (Å²) in [4.78, 5) is 45.1. The van der Waals surface area contributed by atoms with Crippen molar-refractivity contribution in [3.05, 3.63) is 12.2 Å². The molecule has 0 atom stereocenters. The van der Waals surface area contributed by atoms with Gasteiger partial charge in [0.2, 0.25) is 0 Å². The normalized spacial score (nSPS) is 11.1. The quantitative estimate of drug-likeness (QED) is 0.221. The summed E-state index contributed by atoms with van der Waals surface area (Å²) in [5, 5.41) is 0. The Kier molecular flexibility index (Phi) is 9.53. The first-order chi connectivity index (χ1) is 10.7. The molecule has 0 spiro atoms. The van der Waals surface area contributed by atoms with Gasteiger partial charge in [-0.15, -0.1) is 0 Å². The Morgan fingerprint density at radius 2 is 1.48 bits per heavy atom. The van der Waals surface area contributed by atoms with E-state index in [4.69, 9.17) is 4.74 Å². The summed E-state index contributed by atoms with van der Waals surface area (Å²) in [6.07, 6.45) is 2.90. The lowest BCUT2D eigenvalue weighted by Crippen LogP contribution is -2.25. The number of carbonyl (C=O) groups excluding carboxylic acids is 4. The van der Waals surface area contributed by atoms with Crippen molar-refractivity contribution in [2.24, 2.45) is 5.41 Å². The summed E-state index contributed by atoms with van der Waals surface area (Å²) in [7, 11) is 0. The van der Waals surface area contributed by atoms with E-state index in [0.29, 0.717) is 12.8 Å². The highest BCUT2D eigenvalue weighted by atomic mass is 16.6. The number of hydrogen-bond donors (Lipinski definition) is 0. The molecule has 0 N–H and O–H groups in total. The highest BCUT2D eigenvalue weighted by Gasteiger charge is 2.25. The number of carbonyl (C=O) groups is 4. The first kappa shape index (κ1) is 20.8. The van der Waals surface area contributed by atoms with Gasteiger partial charge in [-0.25, -0.2) is 9.59 Å². The maximum Gasteiger partial charge on any atom is 0.331 e. The third kappa shape index (κ3) is 11.1. The average molecular weight is 328 g/mol. The second-order valence-corrected chi connectivity index (χ2v) is 5.72. The number of hydrogen-bond acceptors (Lipinski definition) is 7. The van der Waals surface area contributed by atoms with E-state index in [1.54, 1.807) is 27.7 Å². The van der Waals surface area contributed by atoms with E-state index in [1.807, 2.05) is 0 Å². The summed E-state index contributed by atoms with van der Waals surface area (Å²) >= 11 is 0. The van der Waals surface area contributed by atoms with E-state index in [-0.39, 0.29) is 19.6 Å². The topological polar surface area (TPSA) is 96.0 Å². The van der Waals surface area contributed by atoms with Crippen LogP contribution in [-0.2, 0) is 33.4 Å². The first-order valence-corrected chi connectivity index (χ1v) is 7.43. The van der Waals surface area contributed by atoms with Crippen molar-refractivity contribution in [1.82, 2.24) is 0 Å². The van der Waals surface area contributed by atoms with Crippen LogP contribution in [0, 0.1) is 5.41 Å². The van der Waals surface area contributed by atoms with E-state index < -0.39 is 29.3 Å². The minimum atomic E-state index is -0.726. The Balaban J connectivity index is 3.81. The maximum absolute atomic E-state index is 11.5. The first-order valence-electron chi connectivity index (χ1n) is 7.43. The van der Waals surface area contributed by atoms with Crippen LogP contribution >= 0.6 is 0 Å². The van der Waals surface area contributed by atoms with Gasteiger partial charge in [-0.1, -0.05) is 0 Å². The van der Waals surface area contributed by atoms with Gasteiger partial charge in [0.05, 0.1) is 18.6 Å². The lowest BCUT2D eigenvalue weighted by atomic mass is 9.97. The van der Waals surface area contributed by atoms with E-state index in [0.717, 1.165) is 12.2 Å². The minimum absolute atomic E-state index is 0.0675. The molecule has 7 nitrogen and oxygen atoms in total. The summed E-state index contributed by atoms with van der Waals surface area (Å²) in [5.74, 6) is -2.45. The Morgan fingerprint density at radius 1 is 0.913 bits per heavy atom.